The topological polar surface area (TPSA) is 54.7 Å². The van der Waals surface area contributed by atoms with Crippen molar-refractivity contribution in [2.45, 2.75) is 6.42 Å². The van der Waals surface area contributed by atoms with Gasteiger partial charge in [-0.1, -0.05) is 6.07 Å². The van der Waals surface area contributed by atoms with E-state index < -0.39 is 0 Å². The van der Waals surface area contributed by atoms with Crippen LogP contribution in [-0.4, -0.2) is 58.6 Å². The maximum absolute atomic E-state index is 8.84. The van der Waals surface area contributed by atoms with Gasteiger partial charge in [-0.2, -0.15) is 5.26 Å². The summed E-state index contributed by atoms with van der Waals surface area (Å²) < 4.78 is 15.9. The van der Waals surface area contributed by atoms with Gasteiger partial charge in [0.05, 0.1) is 31.5 Å². The van der Waals surface area contributed by atoms with Crippen LogP contribution in [0.25, 0.3) is 0 Å². The lowest BCUT2D eigenvalue weighted by molar-refractivity contribution is 0.110. The quantitative estimate of drug-likeness (QED) is 0.583. The van der Waals surface area contributed by atoms with Crippen LogP contribution in [0, 0.1) is 11.3 Å². The van der Waals surface area contributed by atoms with Gasteiger partial charge in [-0.3, -0.25) is 4.90 Å². The molecule has 1 aromatic rings. The van der Waals surface area contributed by atoms with Crippen LogP contribution in [0.1, 0.15) is 12.0 Å². The van der Waals surface area contributed by atoms with Crippen molar-refractivity contribution in [1.29, 1.82) is 5.26 Å². The number of rotatable bonds is 11. The number of hydrogen-bond donors (Lipinski definition) is 0. The predicted octanol–water partition coefficient (Wildman–Crippen LogP) is 1.92. The Hall–Kier alpha value is -1.61. The minimum Gasteiger partial charge on any atom is -0.494 e. The molecule has 0 aromatic heterocycles. The fourth-order valence-corrected chi connectivity index (χ4v) is 1.91. The fourth-order valence-electron chi connectivity index (χ4n) is 1.91. The summed E-state index contributed by atoms with van der Waals surface area (Å²) in [5.41, 5.74) is 0.620. The minimum absolute atomic E-state index is 0.620. The Bertz CT molecular complexity index is 424. The molecule has 0 saturated heterocycles. The van der Waals surface area contributed by atoms with Crippen LogP contribution in [0.2, 0.25) is 0 Å². The molecule has 1 rings (SSSR count). The van der Waals surface area contributed by atoms with E-state index in [0.29, 0.717) is 12.2 Å². The Morgan fingerprint density at radius 3 is 2.38 bits per heavy atom. The second kappa shape index (κ2) is 11.1. The van der Waals surface area contributed by atoms with E-state index in [0.717, 1.165) is 45.0 Å². The van der Waals surface area contributed by atoms with Crippen LogP contribution >= 0.6 is 0 Å². The second-order valence-electron chi connectivity index (χ2n) is 4.67. The first-order valence-corrected chi connectivity index (χ1v) is 7.13. The van der Waals surface area contributed by atoms with E-state index in [1.54, 1.807) is 26.4 Å². The summed E-state index contributed by atoms with van der Waals surface area (Å²) in [4.78, 5) is 2.29. The molecule has 5 nitrogen and oxygen atoms in total. The molecule has 0 spiro atoms. The number of nitrogens with zero attached hydrogens (tertiary/aromatic N) is 2. The van der Waals surface area contributed by atoms with E-state index in [9.17, 15) is 0 Å². The number of benzene rings is 1. The zero-order chi connectivity index (χ0) is 15.3. The Balaban J connectivity index is 2.27. The predicted molar refractivity (Wildman–Crippen MR) is 81.5 cm³/mol. The summed E-state index contributed by atoms with van der Waals surface area (Å²) in [5.74, 6) is 0.745. The van der Waals surface area contributed by atoms with E-state index in [-0.39, 0.29) is 0 Å². The monoisotopic (exact) mass is 292 g/mol. The first-order chi connectivity index (χ1) is 10.3. The molecular weight excluding hydrogens is 268 g/mol. The molecule has 0 aliphatic carbocycles. The van der Waals surface area contributed by atoms with Gasteiger partial charge in [-0.15, -0.1) is 0 Å². The normalized spacial score (nSPS) is 10.6. The first-order valence-electron chi connectivity index (χ1n) is 7.13. The smallest absolute Gasteiger partial charge is 0.120 e. The lowest BCUT2D eigenvalue weighted by Gasteiger charge is -2.21. The lowest BCUT2D eigenvalue weighted by atomic mass is 10.2. The van der Waals surface area contributed by atoms with Gasteiger partial charge in [0.15, 0.2) is 0 Å². The number of methoxy groups -OCH3 is 2. The van der Waals surface area contributed by atoms with Crippen LogP contribution in [-0.2, 0) is 9.47 Å². The minimum atomic E-state index is 0.620. The molecule has 0 saturated carbocycles. The van der Waals surface area contributed by atoms with E-state index >= 15 is 0 Å². The van der Waals surface area contributed by atoms with Gasteiger partial charge < -0.3 is 14.2 Å². The van der Waals surface area contributed by atoms with Crippen LogP contribution in [0.15, 0.2) is 24.3 Å². The maximum atomic E-state index is 8.84. The van der Waals surface area contributed by atoms with Crippen LogP contribution in [0.4, 0.5) is 0 Å². The molecule has 1 aromatic carbocycles. The first kappa shape index (κ1) is 17.4. The summed E-state index contributed by atoms with van der Waals surface area (Å²) in [7, 11) is 3.42. The molecule has 0 radical (unpaired) electrons. The standard InChI is InChI=1S/C16H24N2O3/c1-19-11-8-18(9-12-20-2)7-4-10-21-16-6-3-5-15(13-16)14-17/h3,5-6,13H,4,7-12H2,1-2H3. The van der Waals surface area contributed by atoms with Crippen molar-refractivity contribution in [3.8, 4) is 11.8 Å². The number of ether oxygens (including phenoxy) is 3. The highest BCUT2D eigenvalue weighted by molar-refractivity contribution is 5.36. The summed E-state index contributed by atoms with van der Waals surface area (Å²) in [6.07, 6.45) is 0.921. The highest BCUT2D eigenvalue weighted by atomic mass is 16.5. The van der Waals surface area contributed by atoms with Crippen LogP contribution in [0.5, 0.6) is 5.75 Å². The Morgan fingerprint density at radius 2 is 1.76 bits per heavy atom. The molecule has 116 valence electrons. The van der Waals surface area contributed by atoms with E-state index in [4.69, 9.17) is 19.5 Å². The SMILES string of the molecule is COCCN(CCCOc1cccc(C#N)c1)CCOC. The average molecular weight is 292 g/mol. The molecular formula is C16H24N2O3. The molecule has 0 aliphatic heterocycles. The highest BCUT2D eigenvalue weighted by Crippen LogP contribution is 2.12. The van der Waals surface area contributed by atoms with Crippen LogP contribution < -0.4 is 4.74 Å². The van der Waals surface area contributed by atoms with Gasteiger partial charge in [-0.05, 0) is 24.6 Å². The van der Waals surface area contributed by atoms with Crippen molar-refractivity contribution in [2.24, 2.45) is 0 Å². The zero-order valence-electron chi connectivity index (χ0n) is 12.9. The average Bonchev–Trinajstić information content (AvgIpc) is 2.53. The molecule has 0 unspecified atom stereocenters. The lowest BCUT2D eigenvalue weighted by Crippen LogP contribution is -2.32. The summed E-state index contributed by atoms with van der Waals surface area (Å²) >= 11 is 0. The largest absolute Gasteiger partial charge is 0.494 e. The number of hydrogen-bond acceptors (Lipinski definition) is 5. The third-order valence-corrected chi connectivity index (χ3v) is 3.07. The van der Waals surface area contributed by atoms with Crippen molar-refractivity contribution in [3.63, 3.8) is 0 Å². The van der Waals surface area contributed by atoms with Crippen molar-refractivity contribution in [1.82, 2.24) is 4.90 Å². The van der Waals surface area contributed by atoms with Crippen molar-refractivity contribution >= 4 is 0 Å². The Morgan fingerprint density at radius 1 is 1.05 bits per heavy atom. The second-order valence-corrected chi connectivity index (χ2v) is 4.67. The van der Waals surface area contributed by atoms with Gasteiger partial charge in [0.2, 0.25) is 0 Å². The zero-order valence-corrected chi connectivity index (χ0v) is 12.9. The Kier molecular flexibility index (Phi) is 9.21. The molecule has 0 fully saturated rings. The number of nitriles is 1. The molecule has 0 bridgehead atoms. The van der Waals surface area contributed by atoms with Gasteiger partial charge in [-0.25, -0.2) is 0 Å². The third-order valence-electron chi connectivity index (χ3n) is 3.07. The molecule has 0 atom stereocenters. The summed E-state index contributed by atoms with van der Waals surface area (Å²) in [6.45, 7) is 4.78. The van der Waals surface area contributed by atoms with Gasteiger partial charge in [0, 0.05) is 33.9 Å². The molecule has 0 aliphatic rings. The van der Waals surface area contributed by atoms with Gasteiger partial charge in [0.1, 0.15) is 5.75 Å². The fraction of sp³-hybridized carbons (Fsp3) is 0.562. The van der Waals surface area contributed by atoms with E-state index in [1.165, 1.54) is 0 Å². The highest BCUT2D eigenvalue weighted by Gasteiger charge is 2.04. The molecule has 5 heteroatoms. The van der Waals surface area contributed by atoms with Crippen molar-refractivity contribution in [2.75, 3.05) is 53.7 Å². The molecule has 21 heavy (non-hydrogen) atoms. The summed E-state index contributed by atoms with van der Waals surface area (Å²) in [6, 6.07) is 9.33. The Labute approximate surface area is 127 Å². The van der Waals surface area contributed by atoms with Crippen LogP contribution in [0.3, 0.4) is 0 Å². The van der Waals surface area contributed by atoms with Gasteiger partial charge in [0.25, 0.3) is 0 Å². The maximum Gasteiger partial charge on any atom is 0.120 e. The molecule has 0 amide bonds. The third kappa shape index (κ3) is 7.66. The van der Waals surface area contributed by atoms with E-state index in [1.807, 2.05) is 12.1 Å². The molecule has 0 heterocycles. The van der Waals surface area contributed by atoms with Crippen molar-refractivity contribution in [3.05, 3.63) is 29.8 Å². The van der Waals surface area contributed by atoms with E-state index in [2.05, 4.69) is 11.0 Å². The summed E-state index contributed by atoms with van der Waals surface area (Å²) in [5, 5.41) is 8.84. The van der Waals surface area contributed by atoms with Gasteiger partial charge >= 0.3 is 0 Å². The molecule has 0 N–H and O–H groups in total. The van der Waals surface area contributed by atoms with Crippen molar-refractivity contribution < 1.29 is 14.2 Å².